The summed E-state index contributed by atoms with van der Waals surface area (Å²) in [6.07, 6.45) is 28.4. The molecule has 10 aliphatic heterocycles. The lowest BCUT2D eigenvalue weighted by Crippen LogP contribution is -2.43. The molecule has 1 aliphatic carbocycles. The number of imidazole rings is 1. The highest BCUT2D eigenvalue weighted by atomic mass is 32.2. The van der Waals surface area contributed by atoms with Gasteiger partial charge in [0.2, 0.25) is 0 Å². The molecule has 4 N–H and O–H groups in total. The monoisotopic (exact) mass is 1360 g/mol. The predicted molar refractivity (Wildman–Crippen MR) is 406 cm³/mol. The summed E-state index contributed by atoms with van der Waals surface area (Å²) in [6.45, 7) is 67.0. The van der Waals surface area contributed by atoms with E-state index in [0.29, 0.717) is 11.5 Å². The first-order valence-electron chi connectivity index (χ1n) is 39.2. The van der Waals surface area contributed by atoms with Crippen LogP contribution in [0.1, 0.15) is 172 Å². The van der Waals surface area contributed by atoms with Gasteiger partial charge in [0.1, 0.15) is 0 Å². The maximum Gasteiger partial charge on any atom is 0.152 e. The Morgan fingerprint density at radius 2 is 0.895 bits per heavy atom. The van der Waals surface area contributed by atoms with Gasteiger partial charge < -0.3 is 64.7 Å². The minimum Gasteiger partial charge on any atom is -0.381 e. The van der Waals surface area contributed by atoms with E-state index in [1.165, 1.54) is 246 Å². The molecule has 95 heavy (non-hydrogen) atoms. The van der Waals surface area contributed by atoms with E-state index in [1.54, 1.807) is 12.5 Å². The van der Waals surface area contributed by atoms with Crippen molar-refractivity contribution in [3.05, 3.63) is 48.8 Å². The number of sulfone groups is 1. The molecule has 0 aromatic carbocycles. The van der Waals surface area contributed by atoms with Crippen LogP contribution >= 0.6 is 0 Å². The molecule has 19 nitrogen and oxygen atoms in total. The molecule has 10 saturated heterocycles. The van der Waals surface area contributed by atoms with Gasteiger partial charge in [-0.1, -0.05) is 95.4 Å². The molecule has 12 heterocycles. The van der Waals surface area contributed by atoms with E-state index in [0.717, 1.165) is 103 Å². The largest absolute Gasteiger partial charge is 0.381 e. The van der Waals surface area contributed by atoms with E-state index in [2.05, 4.69) is 154 Å². The van der Waals surface area contributed by atoms with Crippen molar-refractivity contribution in [3.63, 3.8) is 0 Å². The summed E-state index contributed by atoms with van der Waals surface area (Å²) >= 11 is 0. The normalized spacial score (nSPS) is 24.0. The minimum atomic E-state index is -2.67. The Morgan fingerprint density at radius 1 is 0.442 bits per heavy atom. The highest BCUT2D eigenvalue weighted by Gasteiger charge is 2.38. The number of nitrogens with one attached hydrogen (secondary N) is 4. The first kappa shape index (κ1) is 88.8. The number of morpholine rings is 1. The molecule has 0 spiro atoms. The van der Waals surface area contributed by atoms with Gasteiger partial charge in [-0.3, -0.25) is 14.8 Å². The minimum absolute atomic E-state index is 0.348. The number of aromatic nitrogens is 3. The van der Waals surface area contributed by atoms with Gasteiger partial charge in [0.25, 0.3) is 0 Å². The molecule has 2 aromatic rings. The number of piperidine rings is 2. The highest BCUT2D eigenvalue weighted by molar-refractivity contribution is 7.91. The smallest absolute Gasteiger partial charge is 0.152 e. The average Bonchev–Trinajstić information content (AvgIpc) is 1.76. The molecule has 11 fully saturated rings. The van der Waals surface area contributed by atoms with Crippen molar-refractivity contribution in [1.29, 1.82) is 0 Å². The first-order chi connectivity index (χ1) is 46.4. The molecular weight excluding hydrogens is 1210 g/mol. The SMILES string of the molecule is CCC1CC2C[C@H]1CN2.CCC1CCOCC1.CCN1CCC1.CCN1CCCC1.CCN1CCCCC1.CCN1CCCNCC1.CCN1CCNC1.CCN1CCNCC1.CCN1CCOCC1.CCN1CCS(=O)(=O)CC1.CCc1ccncc1.CCn1ccnc1. The molecule has 20 heteroatoms. The predicted octanol–water partition coefficient (Wildman–Crippen LogP) is 9.23. The van der Waals surface area contributed by atoms with Crippen LogP contribution in [0.15, 0.2) is 43.2 Å². The third-order valence-corrected chi connectivity index (χ3v) is 21.9. The number of aryl methyl sites for hydroxylation is 2. The van der Waals surface area contributed by atoms with Crippen molar-refractivity contribution in [3.8, 4) is 0 Å². The summed E-state index contributed by atoms with van der Waals surface area (Å²) in [7, 11) is -2.67. The Balaban J connectivity index is 0.000000353. The number of fused-ring (bicyclic) bond motifs is 2. The zero-order valence-electron chi connectivity index (χ0n) is 63.9. The van der Waals surface area contributed by atoms with E-state index in [-0.39, 0.29) is 0 Å². The van der Waals surface area contributed by atoms with Crippen LogP contribution in [0.5, 0.6) is 0 Å². The number of nitrogens with zero attached hydrogens (tertiary/aromatic N) is 11. The summed E-state index contributed by atoms with van der Waals surface area (Å²) < 4.78 is 34.1. The number of hydrogen-bond acceptors (Lipinski definition) is 18. The molecule has 0 radical (unpaired) electrons. The third-order valence-electron chi connectivity index (χ3n) is 20.3. The van der Waals surface area contributed by atoms with Crippen LogP contribution in [0.4, 0.5) is 0 Å². The molecule has 0 amide bonds. The standard InChI is InChI=1S/C8H15N.C7H16N2.C7H9N.C7H15N.C7H14O.C6H14N2.C6H13NO2S.C6H13NO.C6H13N.C5H12N2.C5H8N2.C5H11N/c1-2-6-3-8-4-7(6)5-9-8;1-2-9-6-3-4-8-5-7-9;1-2-7-3-5-8-6-4-7;1-2-8-6-4-3-5-7-8;1-2-7-3-5-8-6-4-7;1-2-8-5-3-7-4-6-8;1-2-7-3-5-10(8,9)6-4-7;1-2-7-3-5-8-6-4-7;1-2-7-5-3-4-6-7;2*1-2-7-4-3-6-5-7;1-2-6-4-3-5-6/h6-9H,2-5H2,1H3;8H,2-7H2,1H3;3-6H,2H2,1H3;2-7H2,1H3;2*7H,2-6H2,1H3;2-6H2,1H3;2-6H2,1H3;2-6H2,1H3;6H,2-5H2,1H3;3-5H,2H2,1H3;2-5H2,1H3/t6?,7-,8?;;;;;;;;;;;/m0.........../s1. The molecule has 3 atom stereocenters. The molecule has 2 bridgehead atoms. The van der Waals surface area contributed by atoms with Crippen LogP contribution in [0.2, 0.25) is 0 Å². The topological polar surface area (TPSA) is 157 Å². The van der Waals surface area contributed by atoms with Crippen molar-refractivity contribution in [2.75, 3.05) is 234 Å². The number of likely N-dealkylation sites (N-methyl/N-ethyl adjacent to an activating group) is 4. The zero-order valence-corrected chi connectivity index (χ0v) is 64.7. The Labute approximate surface area is 586 Å². The van der Waals surface area contributed by atoms with Crippen molar-refractivity contribution in [2.24, 2.45) is 17.8 Å². The Morgan fingerprint density at radius 3 is 1.23 bits per heavy atom. The van der Waals surface area contributed by atoms with Gasteiger partial charge >= 0.3 is 0 Å². The molecule has 1 saturated carbocycles. The Bertz CT molecular complexity index is 1900. The maximum absolute atomic E-state index is 10.9. The lowest BCUT2D eigenvalue weighted by Gasteiger charge is -2.28. The van der Waals surface area contributed by atoms with Crippen LogP contribution in [0, 0.1) is 17.8 Å². The number of ether oxygens (including phenoxy) is 2. The highest BCUT2D eigenvalue weighted by Crippen LogP contribution is 2.38. The van der Waals surface area contributed by atoms with Crippen LogP contribution < -0.4 is 21.3 Å². The van der Waals surface area contributed by atoms with Crippen molar-refractivity contribution >= 4 is 9.84 Å². The fraction of sp³-hybridized carbons (Fsp3) is 0.893. The van der Waals surface area contributed by atoms with Crippen LogP contribution in [0.3, 0.4) is 0 Å². The number of piperazine rings is 1. The summed E-state index contributed by atoms with van der Waals surface area (Å²) in [5, 5.41) is 13.4. The quantitative estimate of drug-likeness (QED) is 0.159. The van der Waals surface area contributed by atoms with Crippen LogP contribution in [0.25, 0.3) is 0 Å². The average molecular weight is 1360 g/mol. The Hall–Kier alpha value is -2.25. The van der Waals surface area contributed by atoms with Gasteiger partial charge in [0.05, 0.1) is 31.0 Å². The second-order valence-electron chi connectivity index (χ2n) is 26.7. The first-order valence-corrected chi connectivity index (χ1v) is 41.0. The van der Waals surface area contributed by atoms with E-state index < -0.39 is 9.84 Å². The van der Waals surface area contributed by atoms with Crippen molar-refractivity contribution in [2.45, 2.75) is 186 Å². The fourth-order valence-electron chi connectivity index (χ4n) is 12.8. The van der Waals surface area contributed by atoms with Gasteiger partial charge in [-0.25, -0.2) is 13.4 Å². The second-order valence-corrected chi connectivity index (χ2v) is 29.0. The van der Waals surface area contributed by atoms with Gasteiger partial charge in [-0.15, -0.1) is 0 Å². The second kappa shape index (κ2) is 60.5. The van der Waals surface area contributed by atoms with Gasteiger partial charge in [0.15, 0.2) is 9.84 Å². The van der Waals surface area contributed by atoms with Gasteiger partial charge in [0, 0.05) is 136 Å². The van der Waals surface area contributed by atoms with E-state index >= 15 is 0 Å². The summed E-state index contributed by atoms with van der Waals surface area (Å²) in [4.78, 5) is 27.0. The fourth-order valence-corrected chi connectivity index (χ4v) is 14.1. The molecular formula is C75H153N15O4S. The van der Waals surface area contributed by atoms with Gasteiger partial charge in [-0.05, 0) is 224 Å². The van der Waals surface area contributed by atoms with Crippen LogP contribution in [-0.2, 0) is 32.3 Å². The lowest BCUT2D eigenvalue weighted by atomic mass is 9.93. The van der Waals surface area contributed by atoms with Gasteiger partial charge in [-0.2, -0.15) is 0 Å². The van der Waals surface area contributed by atoms with Crippen molar-refractivity contribution in [1.82, 2.24) is 75.0 Å². The molecule has 13 rings (SSSR count). The number of rotatable bonds is 12. The zero-order chi connectivity index (χ0) is 69.3. The number of hydrogen-bond donors (Lipinski definition) is 4. The summed E-state index contributed by atoms with van der Waals surface area (Å²) in [5.41, 5.74) is 1.35. The van der Waals surface area contributed by atoms with E-state index in [4.69, 9.17) is 9.47 Å². The number of likely N-dealkylation sites (tertiary alicyclic amines) is 3. The van der Waals surface area contributed by atoms with E-state index in [1.807, 2.05) is 35.3 Å². The summed E-state index contributed by atoms with van der Waals surface area (Å²) in [6, 6.07) is 4.96. The lowest BCUT2D eigenvalue weighted by molar-refractivity contribution is 0.0405. The van der Waals surface area contributed by atoms with Crippen LogP contribution in [-0.4, -0.2) is 303 Å². The van der Waals surface area contributed by atoms with Crippen molar-refractivity contribution < 1.29 is 17.9 Å². The third kappa shape index (κ3) is 46.0. The molecule has 558 valence electrons. The van der Waals surface area contributed by atoms with E-state index in [9.17, 15) is 8.42 Å². The maximum atomic E-state index is 10.9. The molecule has 2 unspecified atom stereocenters. The molecule has 11 aliphatic rings. The summed E-state index contributed by atoms with van der Waals surface area (Å²) in [5.74, 6) is 3.77. The Kier molecular flexibility index (Phi) is 56.6. The molecule has 2 aromatic heterocycles. The number of pyridine rings is 1.